The van der Waals surface area contributed by atoms with Crippen LogP contribution in [0.1, 0.15) is 17.3 Å². The molecule has 0 atom stereocenters. The third-order valence-electron chi connectivity index (χ3n) is 2.23. The van der Waals surface area contributed by atoms with E-state index >= 15 is 0 Å². The highest BCUT2D eigenvalue weighted by Crippen LogP contribution is 2.15. The molecule has 0 spiro atoms. The number of benzene rings is 1. The molecule has 1 heterocycles. The Morgan fingerprint density at radius 2 is 2.19 bits per heavy atom. The van der Waals surface area contributed by atoms with E-state index in [-0.39, 0.29) is 12.4 Å². The summed E-state index contributed by atoms with van der Waals surface area (Å²) in [6.07, 6.45) is 0. The molecular formula is C12H12FNO2. The fourth-order valence-corrected chi connectivity index (χ4v) is 1.30. The third kappa shape index (κ3) is 2.39. The predicted octanol–water partition coefficient (Wildman–Crippen LogP) is 3.01. The summed E-state index contributed by atoms with van der Waals surface area (Å²) >= 11 is 0. The zero-order valence-electron chi connectivity index (χ0n) is 9.16. The van der Waals surface area contributed by atoms with Gasteiger partial charge >= 0.3 is 0 Å². The second kappa shape index (κ2) is 4.35. The maximum Gasteiger partial charge on any atom is 0.232 e. The molecule has 0 N–H and O–H groups in total. The van der Waals surface area contributed by atoms with Crippen LogP contribution < -0.4 is 4.74 Å². The van der Waals surface area contributed by atoms with Gasteiger partial charge in [-0.1, -0.05) is 6.07 Å². The van der Waals surface area contributed by atoms with Crippen molar-refractivity contribution in [1.82, 2.24) is 4.98 Å². The molecule has 0 unspecified atom stereocenters. The van der Waals surface area contributed by atoms with E-state index in [1.807, 2.05) is 13.8 Å². The first-order valence-corrected chi connectivity index (χ1v) is 4.96. The van der Waals surface area contributed by atoms with E-state index in [9.17, 15) is 4.39 Å². The number of halogens is 1. The fourth-order valence-electron chi connectivity index (χ4n) is 1.30. The summed E-state index contributed by atoms with van der Waals surface area (Å²) in [7, 11) is 0. The van der Waals surface area contributed by atoms with Crippen LogP contribution in [0, 0.1) is 19.7 Å². The minimum Gasteiger partial charge on any atom is -0.484 e. The first-order valence-electron chi connectivity index (χ1n) is 4.96. The van der Waals surface area contributed by atoms with Crippen LogP contribution in [0.15, 0.2) is 28.7 Å². The van der Waals surface area contributed by atoms with Gasteiger partial charge in [0.2, 0.25) is 5.89 Å². The van der Waals surface area contributed by atoms with Crippen molar-refractivity contribution in [1.29, 1.82) is 0 Å². The average Bonchev–Trinajstić information content (AvgIpc) is 2.56. The predicted molar refractivity (Wildman–Crippen MR) is 56.7 cm³/mol. The maximum atomic E-state index is 12.8. The molecule has 0 aliphatic rings. The quantitative estimate of drug-likeness (QED) is 0.799. The van der Waals surface area contributed by atoms with E-state index < -0.39 is 0 Å². The smallest absolute Gasteiger partial charge is 0.232 e. The summed E-state index contributed by atoms with van der Waals surface area (Å²) in [5.74, 6) is 1.42. The van der Waals surface area contributed by atoms with Gasteiger partial charge in [-0.25, -0.2) is 9.37 Å². The van der Waals surface area contributed by atoms with Crippen molar-refractivity contribution < 1.29 is 13.5 Å². The molecule has 0 fully saturated rings. The van der Waals surface area contributed by atoms with Gasteiger partial charge in [0.1, 0.15) is 17.3 Å². The second-order valence-corrected chi connectivity index (χ2v) is 3.50. The normalized spacial score (nSPS) is 10.4. The van der Waals surface area contributed by atoms with Gasteiger partial charge in [0, 0.05) is 6.07 Å². The Balaban J connectivity index is 2.02. The number of aryl methyl sites for hydroxylation is 2. The lowest BCUT2D eigenvalue weighted by molar-refractivity contribution is 0.259. The number of nitrogens with zero attached hydrogens (tertiary/aromatic N) is 1. The van der Waals surface area contributed by atoms with Crippen LogP contribution in [-0.4, -0.2) is 4.98 Å². The zero-order chi connectivity index (χ0) is 11.5. The van der Waals surface area contributed by atoms with Crippen molar-refractivity contribution in [3.63, 3.8) is 0 Å². The summed E-state index contributed by atoms with van der Waals surface area (Å²) < 4.78 is 23.5. The molecule has 2 rings (SSSR count). The number of aromatic nitrogens is 1. The van der Waals surface area contributed by atoms with Gasteiger partial charge in [-0.15, -0.1) is 0 Å². The Morgan fingerprint density at radius 1 is 1.38 bits per heavy atom. The van der Waals surface area contributed by atoms with Crippen molar-refractivity contribution in [2.75, 3.05) is 0 Å². The minimum absolute atomic E-state index is 0.206. The maximum absolute atomic E-state index is 12.8. The molecule has 0 saturated carbocycles. The van der Waals surface area contributed by atoms with Crippen molar-refractivity contribution >= 4 is 0 Å². The van der Waals surface area contributed by atoms with Gasteiger partial charge in [0.25, 0.3) is 0 Å². The molecule has 0 radical (unpaired) electrons. The van der Waals surface area contributed by atoms with Gasteiger partial charge in [0.05, 0.1) is 5.69 Å². The molecule has 16 heavy (non-hydrogen) atoms. The molecule has 0 amide bonds. The van der Waals surface area contributed by atoms with Gasteiger partial charge in [-0.3, -0.25) is 0 Å². The lowest BCUT2D eigenvalue weighted by Gasteiger charge is -2.02. The van der Waals surface area contributed by atoms with Crippen LogP contribution >= 0.6 is 0 Å². The monoisotopic (exact) mass is 221 g/mol. The number of rotatable bonds is 3. The first kappa shape index (κ1) is 10.7. The zero-order valence-corrected chi connectivity index (χ0v) is 9.16. The van der Waals surface area contributed by atoms with E-state index in [1.165, 1.54) is 12.1 Å². The largest absolute Gasteiger partial charge is 0.484 e. The number of ether oxygens (including phenoxy) is 1. The van der Waals surface area contributed by atoms with E-state index in [4.69, 9.17) is 9.15 Å². The number of hydrogen-bond acceptors (Lipinski definition) is 3. The summed E-state index contributed by atoms with van der Waals surface area (Å²) in [5.41, 5.74) is 0.845. The minimum atomic E-state index is -0.322. The molecule has 84 valence electrons. The molecule has 3 nitrogen and oxygen atoms in total. The van der Waals surface area contributed by atoms with Crippen LogP contribution in [0.5, 0.6) is 5.75 Å². The molecule has 1 aromatic carbocycles. The van der Waals surface area contributed by atoms with Gasteiger partial charge in [0.15, 0.2) is 6.61 Å². The highest BCUT2D eigenvalue weighted by Gasteiger charge is 2.06. The fraction of sp³-hybridized carbons (Fsp3) is 0.250. The SMILES string of the molecule is Cc1nc(COc2cccc(F)c2)oc1C. The topological polar surface area (TPSA) is 35.3 Å². The van der Waals surface area contributed by atoms with Crippen molar-refractivity contribution in [2.24, 2.45) is 0 Å². The van der Waals surface area contributed by atoms with Gasteiger partial charge < -0.3 is 9.15 Å². The summed E-state index contributed by atoms with van der Waals surface area (Å²) in [6, 6.07) is 5.97. The Hall–Kier alpha value is -1.84. The second-order valence-electron chi connectivity index (χ2n) is 3.50. The molecule has 2 aromatic rings. The number of oxazole rings is 1. The molecule has 4 heteroatoms. The third-order valence-corrected chi connectivity index (χ3v) is 2.23. The molecule has 0 aliphatic heterocycles. The Labute approximate surface area is 92.9 Å². The molecule has 0 bridgehead atoms. The highest BCUT2D eigenvalue weighted by molar-refractivity contribution is 5.22. The van der Waals surface area contributed by atoms with E-state index in [0.717, 1.165) is 11.5 Å². The van der Waals surface area contributed by atoms with E-state index in [2.05, 4.69) is 4.98 Å². The van der Waals surface area contributed by atoms with E-state index in [1.54, 1.807) is 12.1 Å². The lowest BCUT2D eigenvalue weighted by atomic mass is 10.3. The average molecular weight is 221 g/mol. The Kier molecular flexibility index (Phi) is 2.90. The Morgan fingerprint density at radius 3 is 2.81 bits per heavy atom. The lowest BCUT2D eigenvalue weighted by Crippen LogP contribution is -1.95. The number of hydrogen-bond donors (Lipinski definition) is 0. The standard InChI is InChI=1S/C12H12FNO2/c1-8-9(2)16-12(14-8)7-15-11-5-3-4-10(13)6-11/h3-6H,7H2,1-2H3. The summed E-state index contributed by atoms with van der Waals surface area (Å²) in [4.78, 5) is 4.16. The summed E-state index contributed by atoms with van der Waals surface area (Å²) in [6.45, 7) is 3.91. The van der Waals surface area contributed by atoms with Crippen LogP contribution in [0.4, 0.5) is 4.39 Å². The Bertz CT molecular complexity index is 474. The molecular weight excluding hydrogens is 209 g/mol. The molecule has 0 saturated heterocycles. The van der Waals surface area contributed by atoms with E-state index in [0.29, 0.717) is 11.6 Å². The first-order chi connectivity index (χ1) is 7.65. The highest BCUT2D eigenvalue weighted by atomic mass is 19.1. The van der Waals surface area contributed by atoms with Crippen molar-refractivity contribution in [2.45, 2.75) is 20.5 Å². The van der Waals surface area contributed by atoms with Gasteiger partial charge in [-0.2, -0.15) is 0 Å². The molecule has 1 aromatic heterocycles. The molecule has 0 aliphatic carbocycles. The van der Waals surface area contributed by atoms with Crippen molar-refractivity contribution in [3.8, 4) is 5.75 Å². The van der Waals surface area contributed by atoms with Crippen LogP contribution in [0.3, 0.4) is 0 Å². The van der Waals surface area contributed by atoms with Crippen LogP contribution in [0.25, 0.3) is 0 Å². The summed E-state index contributed by atoms with van der Waals surface area (Å²) in [5, 5.41) is 0. The van der Waals surface area contributed by atoms with Crippen molar-refractivity contribution in [3.05, 3.63) is 47.4 Å². The van der Waals surface area contributed by atoms with Gasteiger partial charge in [-0.05, 0) is 26.0 Å². The van der Waals surface area contributed by atoms with Crippen LogP contribution in [-0.2, 0) is 6.61 Å². The van der Waals surface area contributed by atoms with Crippen LogP contribution in [0.2, 0.25) is 0 Å².